The van der Waals surface area contributed by atoms with Gasteiger partial charge in [-0.25, -0.2) is 4.79 Å². The summed E-state index contributed by atoms with van der Waals surface area (Å²) in [6, 6.07) is 10.2. The van der Waals surface area contributed by atoms with Crippen LogP contribution >= 0.6 is 0 Å². The molecule has 0 bridgehead atoms. The summed E-state index contributed by atoms with van der Waals surface area (Å²) >= 11 is 0. The topological polar surface area (TPSA) is 78.9 Å². The van der Waals surface area contributed by atoms with E-state index in [1.165, 1.54) is 5.69 Å². The number of aliphatic hydroxyl groups is 1. The van der Waals surface area contributed by atoms with Crippen molar-refractivity contribution < 1.29 is 19.4 Å². The van der Waals surface area contributed by atoms with Crippen molar-refractivity contribution in [2.24, 2.45) is 5.92 Å². The molecule has 0 aromatic heterocycles. The molecule has 1 saturated heterocycles. The Kier molecular flexibility index (Phi) is 6.14. The van der Waals surface area contributed by atoms with Gasteiger partial charge >= 0.3 is 5.97 Å². The van der Waals surface area contributed by atoms with Gasteiger partial charge in [0.25, 0.3) is 5.91 Å². The highest BCUT2D eigenvalue weighted by atomic mass is 16.6. The van der Waals surface area contributed by atoms with Crippen LogP contribution in [0, 0.1) is 5.92 Å². The van der Waals surface area contributed by atoms with Crippen LogP contribution in [0.2, 0.25) is 0 Å². The number of amides is 1. The van der Waals surface area contributed by atoms with Crippen molar-refractivity contribution in [3.05, 3.63) is 30.3 Å². The molecule has 1 aromatic rings. The van der Waals surface area contributed by atoms with Gasteiger partial charge in [0.05, 0.1) is 0 Å². The third kappa shape index (κ3) is 4.75. The van der Waals surface area contributed by atoms with E-state index in [2.05, 4.69) is 22.3 Å². The number of carbonyl (C=O) groups excluding carboxylic acids is 2. The Balaban J connectivity index is 1.36. The second kappa shape index (κ2) is 8.54. The standard InChI is InChI=1S/C20H28N2O4/c23-18(15-26-19(24)20(25)10-5-2-6-11-20)21-13-16-9-12-22(14-16)17-7-3-1-4-8-17/h1,3-4,7-8,16,25H,2,5-6,9-15H2,(H,21,23)/t16-/m0/s1. The van der Waals surface area contributed by atoms with Crippen LogP contribution in [0.1, 0.15) is 38.5 Å². The largest absolute Gasteiger partial charge is 0.453 e. The number of hydrogen-bond acceptors (Lipinski definition) is 5. The summed E-state index contributed by atoms with van der Waals surface area (Å²) in [5.74, 6) is -0.586. The Labute approximate surface area is 154 Å². The molecule has 1 aliphatic heterocycles. The van der Waals surface area contributed by atoms with Crippen molar-refractivity contribution >= 4 is 17.6 Å². The molecule has 6 nitrogen and oxygen atoms in total. The highest BCUT2D eigenvalue weighted by Crippen LogP contribution is 2.29. The highest BCUT2D eigenvalue weighted by Gasteiger charge is 2.38. The summed E-state index contributed by atoms with van der Waals surface area (Å²) in [4.78, 5) is 26.3. The highest BCUT2D eigenvalue weighted by molar-refractivity contribution is 5.84. The fraction of sp³-hybridized carbons (Fsp3) is 0.600. The lowest BCUT2D eigenvalue weighted by atomic mass is 9.85. The van der Waals surface area contributed by atoms with Crippen LogP contribution in [0.15, 0.2) is 30.3 Å². The molecule has 0 spiro atoms. The number of benzene rings is 1. The van der Waals surface area contributed by atoms with E-state index in [-0.39, 0.29) is 12.5 Å². The number of ether oxygens (including phenoxy) is 1. The van der Waals surface area contributed by atoms with Gasteiger partial charge in [-0.05, 0) is 50.2 Å². The van der Waals surface area contributed by atoms with Crippen molar-refractivity contribution in [2.45, 2.75) is 44.1 Å². The molecule has 2 fully saturated rings. The van der Waals surface area contributed by atoms with Crippen molar-refractivity contribution in [3.63, 3.8) is 0 Å². The first-order chi connectivity index (χ1) is 12.6. The number of carbonyl (C=O) groups is 2. The van der Waals surface area contributed by atoms with Crippen LogP contribution in [0.5, 0.6) is 0 Å². The Morgan fingerprint density at radius 2 is 1.92 bits per heavy atom. The zero-order chi connectivity index (χ0) is 18.4. The van der Waals surface area contributed by atoms with Gasteiger partial charge < -0.3 is 20.1 Å². The number of esters is 1. The van der Waals surface area contributed by atoms with Gasteiger partial charge in [-0.15, -0.1) is 0 Å². The molecule has 1 heterocycles. The fourth-order valence-electron chi connectivity index (χ4n) is 3.79. The van der Waals surface area contributed by atoms with Gasteiger partial charge in [-0.2, -0.15) is 0 Å². The predicted octanol–water partition coefficient (Wildman–Crippen LogP) is 1.87. The molecule has 0 radical (unpaired) electrons. The third-order valence-corrected chi connectivity index (χ3v) is 5.39. The monoisotopic (exact) mass is 360 g/mol. The Bertz CT molecular complexity index is 613. The van der Waals surface area contributed by atoms with Gasteiger partial charge in [-0.1, -0.05) is 24.6 Å². The maximum atomic E-state index is 12.0. The van der Waals surface area contributed by atoms with Crippen molar-refractivity contribution in [2.75, 3.05) is 31.1 Å². The van der Waals surface area contributed by atoms with E-state index in [4.69, 9.17) is 4.74 Å². The normalized spacial score (nSPS) is 22.0. The van der Waals surface area contributed by atoms with Gasteiger partial charge in [0.1, 0.15) is 0 Å². The molecule has 2 N–H and O–H groups in total. The zero-order valence-electron chi connectivity index (χ0n) is 15.2. The maximum Gasteiger partial charge on any atom is 0.338 e. The lowest BCUT2D eigenvalue weighted by Crippen LogP contribution is -2.43. The first-order valence-corrected chi connectivity index (χ1v) is 9.53. The van der Waals surface area contributed by atoms with Crippen molar-refractivity contribution in [1.29, 1.82) is 0 Å². The number of anilines is 1. The van der Waals surface area contributed by atoms with Gasteiger partial charge in [0, 0.05) is 25.3 Å². The molecule has 3 rings (SSSR count). The van der Waals surface area contributed by atoms with E-state index < -0.39 is 11.6 Å². The lowest BCUT2D eigenvalue weighted by Gasteiger charge is -2.29. The molecule has 26 heavy (non-hydrogen) atoms. The molecule has 1 aliphatic carbocycles. The zero-order valence-corrected chi connectivity index (χ0v) is 15.2. The van der Waals surface area contributed by atoms with Crippen LogP contribution in [0.25, 0.3) is 0 Å². The molecule has 1 saturated carbocycles. The number of hydrogen-bond donors (Lipinski definition) is 2. The van der Waals surface area contributed by atoms with E-state index >= 15 is 0 Å². The van der Waals surface area contributed by atoms with Crippen LogP contribution in [-0.2, 0) is 14.3 Å². The van der Waals surface area contributed by atoms with Crippen LogP contribution < -0.4 is 10.2 Å². The molecule has 1 amide bonds. The maximum absolute atomic E-state index is 12.0. The third-order valence-electron chi connectivity index (χ3n) is 5.39. The van der Waals surface area contributed by atoms with E-state index in [0.29, 0.717) is 25.3 Å². The summed E-state index contributed by atoms with van der Waals surface area (Å²) < 4.78 is 5.04. The molecule has 1 atom stereocenters. The number of rotatable bonds is 6. The quantitative estimate of drug-likeness (QED) is 0.757. The summed E-state index contributed by atoms with van der Waals surface area (Å²) in [6.07, 6.45) is 4.52. The Morgan fingerprint density at radius 3 is 2.65 bits per heavy atom. The van der Waals surface area contributed by atoms with E-state index in [0.717, 1.165) is 38.8 Å². The average Bonchev–Trinajstić information content (AvgIpc) is 3.15. The summed E-state index contributed by atoms with van der Waals surface area (Å²) in [5, 5.41) is 13.1. The minimum atomic E-state index is -1.40. The SMILES string of the molecule is O=C(COC(=O)C1(O)CCCCC1)NC[C@@H]1CCN(c2ccccc2)C1. The molecule has 1 aromatic carbocycles. The van der Waals surface area contributed by atoms with Crippen molar-refractivity contribution in [1.82, 2.24) is 5.32 Å². The van der Waals surface area contributed by atoms with Gasteiger partial charge in [0.15, 0.2) is 12.2 Å². The smallest absolute Gasteiger partial charge is 0.338 e. The minimum absolute atomic E-state index is 0.309. The van der Waals surface area contributed by atoms with E-state index in [1.807, 2.05) is 18.2 Å². The number of nitrogens with one attached hydrogen (secondary N) is 1. The molecular formula is C20H28N2O4. The second-order valence-corrected chi connectivity index (χ2v) is 7.41. The summed E-state index contributed by atoms with van der Waals surface area (Å²) in [6.45, 7) is 2.14. The summed E-state index contributed by atoms with van der Waals surface area (Å²) in [7, 11) is 0. The molecular weight excluding hydrogens is 332 g/mol. The minimum Gasteiger partial charge on any atom is -0.453 e. The van der Waals surface area contributed by atoms with Gasteiger partial charge in [-0.3, -0.25) is 4.79 Å². The summed E-state index contributed by atoms with van der Waals surface area (Å²) in [5.41, 5.74) is -0.198. The average molecular weight is 360 g/mol. The van der Waals surface area contributed by atoms with Gasteiger partial charge in [0.2, 0.25) is 0 Å². The molecule has 2 aliphatic rings. The van der Waals surface area contributed by atoms with E-state index in [9.17, 15) is 14.7 Å². The molecule has 0 unspecified atom stereocenters. The first kappa shape index (κ1) is 18.7. The Hall–Kier alpha value is -2.08. The first-order valence-electron chi connectivity index (χ1n) is 9.53. The van der Waals surface area contributed by atoms with Crippen molar-refractivity contribution in [3.8, 4) is 0 Å². The van der Waals surface area contributed by atoms with Crippen LogP contribution in [-0.4, -0.2) is 48.8 Å². The molecule has 142 valence electrons. The number of para-hydroxylation sites is 1. The predicted molar refractivity (Wildman–Crippen MR) is 98.8 cm³/mol. The lowest BCUT2D eigenvalue weighted by molar-refractivity contribution is -0.170. The second-order valence-electron chi connectivity index (χ2n) is 7.41. The van der Waals surface area contributed by atoms with Crippen LogP contribution in [0.3, 0.4) is 0 Å². The number of nitrogens with zero attached hydrogens (tertiary/aromatic N) is 1. The Morgan fingerprint density at radius 1 is 1.19 bits per heavy atom. The van der Waals surface area contributed by atoms with E-state index in [1.54, 1.807) is 0 Å². The van der Waals surface area contributed by atoms with Crippen LogP contribution in [0.4, 0.5) is 5.69 Å². The fourth-order valence-corrected chi connectivity index (χ4v) is 3.79. The molecule has 6 heteroatoms.